The summed E-state index contributed by atoms with van der Waals surface area (Å²) in [6.45, 7) is 2.31. The summed E-state index contributed by atoms with van der Waals surface area (Å²) >= 11 is 1.49. The van der Waals surface area contributed by atoms with E-state index in [1.54, 1.807) is 0 Å². The number of hydrogen-bond acceptors (Lipinski definition) is 3. The number of amides is 1. The smallest absolute Gasteiger partial charge is 0.256 e. The number of hydrogen-bond donors (Lipinski definition) is 0. The van der Waals surface area contributed by atoms with E-state index in [1.165, 1.54) is 29.7 Å². The van der Waals surface area contributed by atoms with Gasteiger partial charge >= 0.3 is 0 Å². The maximum Gasteiger partial charge on any atom is 0.256 e. The molecule has 0 aliphatic carbocycles. The van der Waals surface area contributed by atoms with E-state index in [4.69, 9.17) is 0 Å². The van der Waals surface area contributed by atoms with Crippen LogP contribution in [0.5, 0.6) is 0 Å². The van der Waals surface area contributed by atoms with Gasteiger partial charge in [0, 0.05) is 19.2 Å². The van der Waals surface area contributed by atoms with Crippen LogP contribution in [0, 0.1) is 29.9 Å². The lowest BCUT2D eigenvalue weighted by molar-refractivity contribution is 0.0711. The standard InChI is InChI=1S/C15H16F2N2OS/c1-10-7-11(13(17)8-12(10)16)14(20)19-5-3-15(9-18,21-2)4-6-19/h7-8H,3-6H2,1-2H3. The molecule has 0 bridgehead atoms. The van der Waals surface area contributed by atoms with Crippen LogP contribution in [0.4, 0.5) is 8.78 Å². The number of rotatable bonds is 2. The molecule has 0 unspecified atom stereocenters. The molecule has 1 aromatic carbocycles. The fraction of sp³-hybridized carbons (Fsp3) is 0.467. The van der Waals surface area contributed by atoms with E-state index in [1.807, 2.05) is 6.26 Å². The number of likely N-dealkylation sites (tertiary alicyclic amines) is 1. The summed E-state index contributed by atoms with van der Waals surface area (Å²) in [6, 6.07) is 4.28. The van der Waals surface area contributed by atoms with Gasteiger partial charge in [0.25, 0.3) is 5.91 Å². The maximum atomic E-state index is 13.8. The molecule has 0 N–H and O–H groups in total. The number of nitriles is 1. The van der Waals surface area contributed by atoms with Crippen LogP contribution in [0.1, 0.15) is 28.8 Å². The molecule has 0 spiro atoms. The van der Waals surface area contributed by atoms with E-state index >= 15 is 0 Å². The van der Waals surface area contributed by atoms with Crippen molar-refractivity contribution in [1.29, 1.82) is 5.26 Å². The minimum absolute atomic E-state index is 0.109. The van der Waals surface area contributed by atoms with Crippen molar-refractivity contribution in [2.75, 3.05) is 19.3 Å². The molecule has 0 radical (unpaired) electrons. The van der Waals surface area contributed by atoms with Crippen LogP contribution in [0.25, 0.3) is 0 Å². The SMILES string of the molecule is CSC1(C#N)CCN(C(=O)c2cc(C)c(F)cc2F)CC1. The Bertz CT molecular complexity index is 604. The van der Waals surface area contributed by atoms with Gasteiger partial charge in [-0.2, -0.15) is 5.26 Å². The minimum atomic E-state index is -0.843. The van der Waals surface area contributed by atoms with Gasteiger partial charge in [-0.25, -0.2) is 8.78 Å². The molecule has 0 aromatic heterocycles. The van der Waals surface area contributed by atoms with Gasteiger partial charge in [-0.15, -0.1) is 11.8 Å². The zero-order chi connectivity index (χ0) is 15.6. The zero-order valence-corrected chi connectivity index (χ0v) is 12.8. The van der Waals surface area contributed by atoms with E-state index in [0.717, 1.165) is 6.07 Å². The second-order valence-electron chi connectivity index (χ2n) is 5.18. The highest BCUT2D eigenvalue weighted by Crippen LogP contribution is 2.34. The molecule has 1 aliphatic rings. The lowest BCUT2D eigenvalue weighted by Gasteiger charge is -2.36. The van der Waals surface area contributed by atoms with Crippen molar-refractivity contribution in [3.8, 4) is 6.07 Å². The molecule has 1 aliphatic heterocycles. The highest BCUT2D eigenvalue weighted by atomic mass is 32.2. The Hall–Kier alpha value is -1.61. The molecule has 112 valence electrons. The highest BCUT2D eigenvalue weighted by molar-refractivity contribution is 8.00. The molecule has 1 saturated heterocycles. The summed E-state index contributed by atoms with van der Waals surface area (Å²) in [5, 5.41) is 9.22. The van der Waals surface area contributed by atoms with Crippen molar-refractivity contribution < 1.29 is 13.6 Å². The lowest BCUT2D eigenvalue weighted by atomic mass is 9.96. The number of piperidine rings is 1. The first-order valence-electron chi connectivity index (χ1n) is 6.64. The molecule has 6 heteroatoms. The molecular weight excluding hydrogens is 294 g/mol. The van der Waals surface area contributed by atoms with Gasteiger partial charge in [-0.3, -0.25) is 4.79 Å². The Morgan fingerprint density at radius 3 is 2.48 bits per heavy atom. The normalized spacial score (nSPS) is 17.4. The number of aryl methyl sites for hydroxylation is 1. The molecule has 0 saturated carbocycles. The summed E-state index contributed by atoms with van der Waals surface area (Å²) in [4.78, 5) is 13.9. The number of thioether (sulfide) groups is 1. The Morgan fingerprint density at radius 2 is 1.95 bits per heavy atom. The third-order valence-electron chi connectivity index (χ3n) is 3.93. The van der Waals surface area contributed by atoms with Crippen LogP contribution in [-0.2, 0) is 0 Å². The predicted molar refractivity (Wildman–Crippen MR) is 78.1 cm³/mol. The Balaban J connectivity index is 2.17. The molecule has 2 rings (SSSR count). The molecule has 3 nitrogen and oxygen atoms in total. The summed E-state index contributed by atoms with van der Waals surface area (Å²) in [5.41, 5.74) is 0.134. The van der Waals surface area contributed by atoms with Gasteiger partial charge in [0.2, 0.25) is 0 Å². The summed E-state index contributed by atoms with van der Waals surface area (Å²) in [7, 11) is 0. The summed E-state index contributed by atoms with van der Waals surface area (Å²) < 4.78 is 26.6. The minimum Gasteiger partial charge on any atom is -0.338 e. The lowest BCUT2D eigenvalue weighted by Crippen LogP contribution is -2.44. The first-order valence-corrected chi connectivity index (χ1v) is 7.86. The van der Waals surface area contributed by atoms with E-state index in [-0.39, 0.29) is 11.1 Å². The van der Waals surface area contributed by atoms with Gasteiger partial charge in [0.1, 0.15) is 16.4 Å². The van der Waals surface area contributed by atoms with Gasteiger partial charge in [0.15, 0.2) is 0 Å². The number of nitrogens with zero attached hydrogens (tertiary/aromatic N) is 2. The predicted octanol–water partition coefficient (Wildman–Crippen LogP) is 3.13. The van der Waals surface area contributed by atoms with Gasteiger partial charge in [0.05, 0.1) is 11.6 Å². The first kappa shape index (κ1) is 15.8. The van der Waals surface area contributed by atoms with Gasteiger partial charge < -0.3 is 4.90 Å². The van der Waals surface area contributed by atoms with Crippen molar-refractivity contribution in [3.63, 3.8) is 0 Å². The number of halogens is 2. The second-order valence-corrected chi connectivity index (χ2v) is 6.37. The number of benzene rings is 1. The highest BCUT2D eigenvalue weighted by Gasteiger charge is 2.36. The number of carbonyl (C=O) groups is 1. The van der Waals surface area contributed by atoms with Crippen LogP contribution < -0.4 is 0 Å². The molecule has 21 heavy (non-hydrogen) atoms. The van der Waals surface area contributed by atoms with E-state index in [2.05, 4.69) is 6.07 Å². The Kier molecular flexibility index (Phi) is 4.52. The Labute approximate surface area is 126 Å². The van der Waals surface area contributed by atoms with Crippen LogP contribution in [0.2, 0.25) is 0 Å². The average Bonchev–Trinajstić information content (AvgIpc) is 2.50. The van der Waals surface area contributed by atoms with E-state index < -0.39 is 22.3 Å². The van der Waals surface area contributed by atoms with Crippen molar-refractivity contribution >= 4 is 17.7 Å². The summed E-state index contributed by atoms with van der Waals surface area (Å²) in [5.74, 6) is -1.94. The topological polar surface area (TPSA) is 44.1 Å². The number of carbonyl (C=O) groups excluding carboxylic acids is 1. The Morgan fingerprint density at radius 1 is 1.33 bits per heavy atom. The third-order valence-corrected chi connectivity index (χ3v) is 5.21. The fourth-order valence-corrected chi connectivity index (χ4v) is 3.11. The molecule has 1 amide bonds. The van der Waals surface area contributed by atoms with E-state index in [0.29, 0.717) is 25.9 Å². The molecule has 0 atom stereocenters. The molecule has 1 heterocycles. The average molecular weight is 310 g/mol. The van der Waals surface area contributed by atoms with Crippen molar-refractivity contribution in [3.05, 3.63) is 34.9 Å². The third kappa shape index (κ3) is 3.03. The van der Waals surface area contributed by atoms with Gasteiger partial charge in [-0.05, 0) is 37.7 Å². The first-order chi connectivity index (χ1) is 9.92. The van der Waals surface area contributed by atoms with E-state index in [9.17, 15) is 18.8 Å². The maximum absolute atomic E-state index is 13.8. The van der Waals surface area contributed by atoms with Crippen molar-refractivity contribution in [2.24, 2.45) is 0 Å². The quantitative estimate of drug-likeness (QED) is 0.843. The fourth-order valence-electron chi connectivity index (χ4n) is 2.42. The van der Waals surface area contributed by atoms with Crippen LogP contribution in [0.3, 0.4) is 0 Å². The van der Waals surface area contributed by atoms with Crippen molar-refractivity contribution in [2.45, 2.75) is 24.5 Å². The monoisotopic (exact) mass is 310 g/mol. The van der Waals surface area contributed by atoms with Crippen LogP contribution in [-0.4, -0.2) is 34.9 Å². The zero-order valence-electron chi connectivity index (χ0n) is 11.9. The van der Waals surface area contributed by atoms with Crippen molar-refractivity contribution in [1.82, 2.24) is 4.90 Å². The summed E-state index contributed by atoms with van der Waals surface area (Å²) in [6.07, 6.45) is 2.99. The molecular formula is C15H16F2N2OS. The van der Waals surface area contributed by atoms with Gasteiger partial charge in [-0.1, -0.05) is 0 Å². The largest absolute Gasteiger partial charge is 0.338 e. The molecule has 1 fully saturated rings. The second kappa shape index (κ2) is 6.02. The van der Waals surface area contributed by atoms with Crippen LogP contribution >= 0.6 is 11.8 Å². The van der Waals surface area contributed by atoms with Crippen LogP contribution in [0.15, 0.2) is 12.1 Å². The molecule has 1 aromatic rings.